The van der Waals surface area contributed by atoms with Crippen LogP contribution in [0.5, 0.6) is 0 Å². The summed E-state index contributed by atoms with van der Waals surface area (Å²) in [7, 11) is 0. The van der Waals surface area contributed by atoms with Crippen molar-refractivity contribution in [1.29, 1.82) is 0 Å². The number of benzene rings is 1. The van der Waals surface area contributed by atoms with Gasteiger partial charge in [-0.2, -0.15) is 13.2 Å². The monoisotopic (exact) mass is 460 g/mol. The maximum absolute atomic E-state index is 13.6. The molecule has 3 atom stereocenters. The Kier molecular flexibility index (Phi) is 6.91. The lowest BCUT2D eigenvalue weighted by molar-refractivity contribution is -0.189. The van der Waals surface area contributed by atoms with Crippen molar-refractivity contribution in [3.05, 3.63) is 28.8 Å². The van der Waals surface area contributed by atoms with Crippen LogP contribution in [0.25, 0.3) is 0 Å². The second-order valence-corrected chi connectivity index (χ2v) is 9.45. The zero-order valence-corrected chi connectivity index (χ0v) is 18.4. The Morgan fingerprint density at radius 1 is 1.19 bits per heavy atom. The molecule has 1 aliphatic heterocycles. The SMILES string of the molecule is C[C@H](CC(=O)O)c1ccc(Cl)c(NC(=O)[C@@H]([C@@H](C)C(F)(F)F)N2CCC3(CC2)CC3)c1. The molecular formula is C22H28ClF3N2O3. The molecule has 1 spiro atoms. The summed E-state index contributed by atoms with van der Waals surface area (Å²) in [5, 5.41) is 11.8. The third kappa shape index (κ3) is 5.71. The number of halogens is 4. The van der Waals surface area contributed by atoms with Gasteiger partial charge in [-0.1, -0.05) is 31.5 Å². The van der Waals surface area contributed by atoms with Crippen LogP contribution in [0.15, 0.2) is 18.2 Å². The Labute approximate surface area is 184 Å². The Balaban J connectivity index is 1.80. The summed E-state index contributed by atoms with van der Waals surface area (Å²) in [5.74, 6) is -3.90. The summed E-state index contributed by atoms with van der Waals surface area (Å²) < 4.78 is 40.8. The standard InChI is InChI=1S/C22H28ClF3N2O3/c1-13(11-18(29)30)15-3-4-16(23)17(12-15)27-20(31)19(14(2)22(24,25)26)28-9-7-21(5-6-21)8-10-28/h3-4,12-14,19H,5-11H2,1-2H3,(H,27,31)(H,29,30)/t13-,14-,19-/m1/s1. The summed E-state index contributed by atoms with van der Waals surface area (Å²) in [6, 6.07) is 3.36. The number of carbonyl (C=O) groups excluding carboxylic acids is 1. The molecule has 1 aromatic carbocycles. The molecule has 1 saturated carbocycles. The number of piperidine rings is 1. The van der Waals surface area contributed by atoms with Crippen molar-refractivity contribution in [1.82, 2.24) is 4.90 Å². The van der Waals surface area contributed by atoms with Gasteiger partial charge in [-0.05, 0) is 67.8 Å². The molecule has 2 aliphatic rings. The van der Waals surface area contributed by atoms with Gasteiger partial charge in [-0.3, -0.25) is 14.5 Å². The van der Waals surface area contributed by atoms with Gasteiger partial charge < -0.3 is 10.4 Å². The molecule has 1 heterocycles. The molecule has 0 bridgehead atoms. The quantitative estimate of drug-likeness (QED) is 0.579. The first-order chi connectivity index (χ1) is 14.4. The fourth-order valence-electron chi connectivity index (χ4n) is 4.37. The van der Waals surface area contributed by atoms with Crippen LogP contribution < -0.4 is 5.32 Å². The number of alkyl halides is 3. The van der Waals surface area contributed by atoms with Gasteiger partial charge in [0.15, 0.2) is 0 Å². The Bertz CT molecular complexity index is 832. The van der Waals surface area contributed by atoms with Gasteiger partial charge in [0.2, 0.25) is 5.91 Å². The fourth-order valence-corrected chi connectivity index (χ4v) is 4.54. The van der Waals surface area contributed by atoms with Crippen LogP contribution in [-0.4, -0.2) is 47.2 Å². The summed E-state index contributed by atoms with van der Waals surface area (Å²) in [4.78, 5) is 25.7. The highest BCUT2D eigenvalue weighted by molar-refractivity contribution is 6.33. The van der Waals surface area contributed by atoms with Gasteiger partial charge in [0.1, 0.15) is 6.04 Å². The molecule has 1 aliphatic carbocycles. The molecule has 172 valence electrons. The number of likely N-dealkylation sites (tertiary alicyclic amines) is 1. The molecule has 31 heavy (non-hydrogen) atoms. The Morgan fingerprint density at radius 2 is 1.81 bits per heavy atom. The number of hydrogen-bond acceptors (Lipinski definition) is 3. The number of amides is 1. The largest absolute Gasteiger partial charge is 0.481 e. The topological polar surface area (TPSA) is 69.6 Å². The highest BCUT2D eigenvalue weighted by Crippen LogP contribution is 2.54. The van der Waals surface area contributed by atoms with Crippen LogP contribution in [0.2, 0.25) is 5.02 Å². The van der Waals surface area contributed by atoms with Crippen LogP contribution >= 0.6 is 11.6 Å². The van der Waals surface area contributed by atoms with E-state index in [9.17, 15) is 22.8 Å². The van der Waals surface area contributed by atoms with Crippen molar-refractivity contribution in [3.63, 3.8) is 0 Å². The molecule has 3 rings (SSSR count). The first kappa shape index (κ1) is 23.9. The molecular weight excluding hydrogens is 433 g/mol. The number of hydrogen-bond donors (Lipinski definition) is 2. The van der Waals surface area contributed by atoms with Crippen LogP contribution in [0, 0.1) is 11.3 Å². The molecule has 0 unspecified atom stereocenters. The highest BCUT2D eigenvalue weighted by Gasteiger charge is 2.50. The highest BCUT2D eigenvalue weighted by atomic mass is 35.5. The van der Waals surface area contributed by atoms with Crippen molar-refractivity contribution < 1.29 is 27.9 Å². The van der Waals surface area contributed by atoms with E-state index in [-0.39, 0.29) is 28.5 Å². The van der Waals surface area contributed by atoms with E-state index in [1.807, 2.05) is 0 Å². The van der Waals surface area contributed by atoms with Crippen molar-refractivity contribution in [2.24, 2.45) is 11.3 Å². The predicted molar refractivity (Wildman–Crippen MR) is 112 cm³/mol. The Hall–Kier alpha value is -1.80. The fraction of sp³-hybridized carbons (Fsp3) is 0.636. The van der Waals surface area contributed by atoms with E-state index in [1.165, 1.54) is 6.07 Å². The zero-order chi connectivity index (χ0) is 23.0. The number of rotatable bonds is 7. The van der Waals surface area contributed by atoms with Crippen LogP contribution in [0.1, 0.15) is 57.4 Å². The van der Waals surface area contributed by atoms with E-state index in [4.69, 9.17) is 16.7 Å². The van der Waals surface area contributed by atoms with E-state index in [1.54, 1.807) is 24.0 Å². The number of carboxylic acid groups (broad SMARTS) is 1. The molecule has 0 radical (unpaired) electrons. The minimum atomic E-state index is -4.52. The van der Waals surface area contributed by atoms with Gasteiger partial charge in [-0.15, -0.1) is 0 Å². The maximum Gasteiger partial charge on any atom is 0.393 e. The van der Waals surface area contributed by atoms with Crippen molar-refractivity contribution in [2.75, 3.05) is 18.4 Å². The Morgan fingerprint density at radius 3 is 2.32 bits per heavy atom. The lowest BCUT2D eigenvalue weighted by Crippen LogP contribution is -2.54. The number of carboxylic acids is 1. The molecule has 1 saturated heterocycles. The molecule has 2 N–H and O–H groups in total. The third-order valence-electron chi connectivity index (χ3n) is 6.77. The van der Waals surface area contributed by atoms with Crippen LogP contribution in [0.3, 0.4) is 0 Å². The summed E-state index contributed by atoms with van der Waals surface area (Å²) in [6.45, 7) is 3.68. The van der Waals surface area contributed by atoms with Crippen LogP contribution in [0.4, 0.5) is 18.9 Å². The normalized spacial score (nSPS) is 21.4. The molecule has 0 aromatic heterocycles. The minimum Gasteiger partial charge on any atom is -0.481 e. The zero-order valence-electron chi connectivity index (χ0n) is 17.6. The van der Waals surface area contributed by atoms with E-state index in [0.717, 1.165) is 32.6 Å². The molecule has 9 heteroatoms. The van der Waals surface area contributed by atoms with Crippen molar-refractivity contribution >= 4 is 29.2 Å². The van der Waals surface area contributed by atoms with E-state index in [2.05, 4.69) is 5.32 Å². The number of nitrogens with zero attached hydrogens (tertiary/aromatic N) is 1. The first-order valence-corrected chi connectivity index (χ1v) is 10.9. The molecule has 1 aromatic rings. The van der Waals surface area contributed by atoms with Gasteiger partial charge >= 0.3 is 12.1 Å². The maximum atomic E-state index is 13.6. The second kappa shape index (κ2) is 8.98. The van der Waals surface area contributed by atoms with E-state index < -0.39 is 30.0 Å². The lowest BCUT2D eigenvalue weighted by Gasteiger charge is -2.40. The van der Waals surface area contributed by atoms with Gasteiger partial charge in [0.25, 0.3) is 0 Å². The summed E-state index contributed by atoms with van der Waals surface area (Å²) >= 11 is 6.19. The number of carbonyl (C=O) groups is 2. The minimum absolute atomic E-state index is 0.113. The predicted octanol–water partition coefficient (Wildman–Crippen LogP) is 5.30. The van der Waals surface area contributed by atoms with Gasteiger partial charge in [0.05, 0.1) is 23.0 Å². The average molecular weight is 461 g/mol. The van der Waals surface area contributed by atoms with Crippen LogP contribution in [-0.2, 0) is 9.59 Å². The molecule has 2 fully saturated rings. The molecule has 1 amide bonds. The number of nitrogens with one attached hydrogen (secondary N) is 1. The van der Waals surface area contributed by atoms with E-state index in [0.29, 0.717) is 18.7 Å². The summed E-state index contributed by atoms with van der Waals surface area (Å²) in [6.07, 6.45) is -0.780. The van der Waals surface area contributed by atoms with Crippen molar-refractivity contribution in [3.8, 4) is 0 Å². The van der Waals surface area contributed by atoms with Gasteiger partial charge in [0, 0.05) is 0 Å². The van der Waals surface area contributed by atoms with Crippen molar-refractivity contribution in [2.45, 2.75) is 64.1 Å². The number of anilines is 1. The number of aliphatic carboxylic acids is 1. The first-order valence-electron chi connectivity index (χ1n) is 10.5. The molecule has 5 nitrogen and oxygen atoms in total. The third-order valence-corrected chi connectivity index (χ3v) is 7.10. The summed E-state index contributed by atoms with van der Waals surface area (Å²) in [5.41, 5.74) is 1.10. The smallest absolute Gasteiger partial charge is 0.393 e. The average Bonchev–Trinajstić information content (AvgIpc) is 3.43. The lowest BCUT2D eigenvalue weighted by atomic mass is 9.90. The van der Waals surface area contributed by atoms with Gasteiger partial charge in [-0.25, -0.2) is 0 Å². The van der Waals surface area contributed by atoms with E-state index >= 15 is 0 Å². The second-order valence-electron chi connectivity index (χ2n) is 9.04.